The van der Waals surface area contributed by atoms with Gasteiger partial charge >= 0.3 is 0 Å². The molecule has 5 atom stereocenters. The highest BCUT2D eigenvalue weighted by molar-refractivity contribution is 7.86. The Balaban J connectivity index is 2.31. The molecule has 1 fully saturated rings. The van der Waals surface area contributed by atoms with Crippen molar-refractivity contribution in [1.29, 1.82) is 0 Å². The summed E-state index contributed by atoms with van der Waals surface area (Å²) in [5.74, 6) is 0. The van der Waals surface area contributed by atoms with Crippen molar-refractivity contribution in [3.05, 3.63) is 42.5 Å². The molecule has 37 heavy (non-hydrogen) atoms. The van der Waals surface area contributed by atoms with Crippen molar-refractivity contribution in [2.75, 3.05) is 33.0 Å². The van der Waals surface area contributed by atoms with Crippen LogP contribution in [0.3, 0.4) is 0 Å². The van der Waals surface area contributed by atoms with Gasteiger partial charge < -0.3 is 23.7 Å². The van der Waals surface area contributed by atoms with Gasteiger partial charge in [0.15, 0.2) is 6.29 Å². The molecule has 0 radical (unpaired) electrons. The largest absolute Gasteiger partial charge is 0.373 e. The normalized spacial score (nSPS) is 24.3. The number of hydrogen-bond donors (Lipinski definition) is 0. The van der Waals surface area contributed by atoms with Gasteiger partial charge in [0, 0.05) is 19.8 Å². The molecule has 0 N–H and O–H groups in total. The van der Waals surface area contributed by atoms with Crippen LogP contribution in [-0.4, -0.2) is 72.2 Å². The molecule has 8 nitrogen and oxygen atoms in total. The molecule has 1 saturated heterocycles. The first kappa shape index (κ1) is 31.9. The van der Waals surface area contributed by atoms with E-state index in [9.17, 15) is 8.42 Å². The molecule has 0 unspecified atom stereocenters. The van der Waals surface area contributed by atoms with Crippen LogP contribution in [0.1, 0.15) is 64.9 Å². The van der Waals surface area contributed by atoms with E-state index < -0.39 is 40.8 Å². The van der Waals surface area contributed by atoms with Gasteiger partial charge in [0.05, 0.1) is 18.1 Å². The highest BCUT2D eigenvalue weighted by Crippen LogP contribution is 2.30. The first-order valence-corrected chi connectivity index (χ1v) is 15.0. The van der Waals surface area contributed by atoms with Crippen LogP contribution in [-0.2, 0) is 38.0 Å². The van der Waals surface area contributed by atoms with Gasteiger partial charge in [0.1, 0.15) is 24.4 Å². The van der Waals surface area contributed by atoms with E-state index in [0.717, 1.165) is 44.1 Å². The second-order valence-electron chi connectivity index (χ2n) is 9.28. The summed E-state index contributed by atoms with van der Waals surface area (Å²) < 4.78 is 62.4. The summed E-state index contributed by atoms with van der Waals surface area (Å²) in [6.45, 7) is 13.4. The number of ether oxygens (including phenoxy) is 5. The molecule has 0 saturated carbocycles. The molecule has 1 heterocycles. The summed E-state index contributed by atoms with van der Waals surface area (Å²) in [7, 11) is -3.99. The van der Waals surface area contributed by atoms with E-state index in [1.807, 2.05) is 6.92 Å². The highest BCUT2D eigenvalue weighted by Gasteiger charge is 2.49. The van der Waals surface area contributed by atoms with Crippen molar-refractivity contribution in [3.8, 4) is 0 Å². The molecule has 2 rings (SSSR count). The zero-order chi connectivity index (χ0) is 27.1. The number of hydrogen-bond acceptors (Lipinski definition) is 8. The average Bonchev–Trinajstić information content (AvgIpc) is 2.88. The van der Waals surface area contributed by atoms with Crippen LogP contribution >= 0.6 is 0 Å². The van der Waals surface area contributed by atoms with Crippen LogP contribution in [0.15, 0.2) is 41.8 Å². The third kappa shape index (κ3) is 10.4. The fourth-order valence-corrected chi connectivity index (χ4v) is 4.82. The fourth-order valence-electron chi connectivity index (χ4n) is 3.90. The minimum atomic E-state index is -3.99. The lowest BCUT2D eigenvalue weighted by Gasteiger charge is -2.45. The Morgan fingerprint density at radius 1 is 0.838 bits per heavy atom. The Hall–Kier alpha value is -1.33. The van der Waals surface area contributed by atoms with Gasteiger partial charge in [0.25, 0.3) is 10.1 Å². The molecule has 1 aliphatic rings. The Morgan fingerprint density at radius 2 is 1.38 bits per heavy atom. The quantitative estimate of drug-likeness (QED) is 0.134. The summed E-state index contributed by atoms with van der Waals surface area (Å²) in [6.07, 6.45) is 3.98. The first-order valence-electron chi connectivity index (χ1n) is 13.6. The maximum atomic E-state index is 12.9. The molecular formula is C28H46O8S. The summed E-state index contributed by atoms with van der Waals surface area (Å²) in [5.41, 5.74) is 0.961. The molecular weight excluding hydrogens is 496 g/mol. The zero-order valence-electron chi connectivity index (χ0n) is 22.9. The van der Waals surface area contributed by atoms with E-state index in [1.54, 1.807) is 18.2 Å². The van der Waals surface area contributed by atoms with E-state index in [2.05, 4.69) is 27.4 Å². The van der Waals surface area contributed by atoms with Crippen molar-refractivity contribution in [3.63, 3.8) is 0 Å². The summed E-state index contributed by atoms with van der Waals surface area (Å²) >= 11 is 0. The van der Waals surface area contributed by atoms with E-state index in [-0.39, 0.29) is 18.1 Å². The van der Waals surface area contributed by atoms with Gasteiger partial charge in [-0.2, -0.15) is 8.42 Å². The molecule has 0 aromatic heterocycles. The Morgan fingerprint density at radius 3 is 1.92 bits per heavy atom. The van der Waals surface area contributed by atoms with Gasteiger partial charge in [-0.1, -0.05) is 63.8 Å². The van der Waals surface area contributed by atoms with Crippen LogP contribution in [0, 0.1) is 6.92 Å². The number of benzene rings is 1. The smallest absolute Gasteiger partial charge is 0.297 e. The monoisotopic (exact) mass is 542 g/mol. The lowest BCUT2D eigenvalue weighted by molar-refractivity contribution is -0.319. The fraction of sp³-hybridized carbons (Fsp3) is 0.714. The van der Waals surface area contributed by atoms with Crippen molar-refractivity contribution in [2.24, 2.45) is 0 Å². The van der Waals surface area contributed by atoms with E-state index in [0.29, 0.717) is 19.8 Å². The Labute approximate surface area is 223 Å². The lowest BCUT2D eigenvalue weighted by atomic mass is 9.98. The van der Waals surface area contributed by atoms with Gasteiger partial charge in [0.2, 0.25) is 0 Å². The van der Waals surface area contributed by atoms with Crippen molar-refractivity contribution in [2.45, 2.75) is 102 Å². The topological polar surface area (TPSA) is 89.5 Å². The van der Waals surface area contributed by atoms with Crippen molar-refractivity contribution < 1.29 is 36.3 Å². The van der Waals surface area contributed by atoms with Crippen LogP contribution in [0.25, 0.3) is 0 Å². The van der Waals surface area contributed by atoms with Gasteiger partial charge in [-0.3, -0.25) is 4.18 Å². The SMILES string of the molecule is C=CCO[C@H]1O[C@H](COS(=O)(=O)c2ccc(C)cc2)[C@@H](OCCCC)[C@H](OCCCC)[C@H]1OCCCC. The molecule has 0 bridgehead atoms. The molecule has 0 amide bonds. The number of rotatable bonds is 19. The van der Waals surface area contributed by atoms with Gasteiger partial charge in [-0.25, -0.2) is 0 Å². The van der Waals surface area contributed by atoms with E-state index in [1.165, 1.54) is 12.1 Å². The minimum absolute atomic E-state index is 0.0911. The second kappa shape index (κ2) is 17.3. The zero-order valence-corrected chi connectivity index (χ0v) is 23.7. The molecule has 212 valence electrons. The maximum Gasteiger partial charge on any atom is 0.297 e. The van der Waals surface area contributed by atoms with E-state index >= 15 is 0 Å². The van der Waals surface area contributed by atoms with Crippen LogP contribution < -0.4 is 0 Å². The molecule has 1 aliphatic heterocycles. The third-order valence-electron chi connectivity index (χ3n) is 6.09. The second-order valence-corrected chi connectivity index (χ2v) is 10.9. The predicted molar refractivity (Wildman–Crippen MR) is 143 cm³/mol. The third-order valence-corrected chi connectivity index (χ3v) is 7.39. The molecule has 0 spiro atoms. The molecule has 1 aromatic carbocycles. The Bertz CT molecular complexity index is 857. The maximum absolute atomic E-state index is 12.9. The van der Waals surface area contributed by atoms with Crippen LogP contribution in [0.4, 0.5) is 0 Å². The number of unbranched alkanes of at least 4 members (excludes halogenated alkanes) is 3. The minimum Gasteiger partial charge on any atom is -0.373 e. The van der Waals surface area contributed by atoms with Crippen LogP contribution in [0.2, 0.25) is 0 Å². The number of aryl methyl sites for hydroxylation is 1. The van der Waals surface area contributed by atoms with E-state index in [4.69, 9.17) is 27.9 Å². The highest BCUT2D eigenvalue weighted by atomic mass is 32.2. The van der Waals surface area contributed by atoms with Crippen molar-refractivity contribution in [1.82, 2.24) is 0 Å². The van der Waals surface area contributed by atoms with Gasteiger partial charge in [-0.15, -0.1) is 6.58 Å². The summed E-state index contributed by atoms with van der Waals surface area (Å²) in [4.78, 5) is 0.0911. The summed E-state index contributed by atoms with van der Waals surface area (Å²) in [5, 5.41) is 0. The van der Waals surface area contributed by atoms with Crippen LogP contribution in [0.5, 0.6) is 0 Å². The lowest BCUT2D eigenvalue weighted by Crippen LogP contribution is -2.62. The van der Waals surface area contributed by atoms with Crippen molar-refractivity contribution >= 4 is 10.1 Å². The first-order chi connectivity index (χ1) is 17.9. The summed E-state index contributed by atoms with van der Waals surface area (Å²) in [6, 6.07) is 6.54. The average molecular weight is 543 g/mol. The Kier molecular flexibility index (Phi) is 14.9. The molecule has 9 heteroatoms. The molecule has 1 aromatic rings. The van der Waals surface area contributed by atoms with Gasteiger partial charge in [-0.05, 0) is 38.3 Å². The predicted octanol–water partition coefficient (Wildman–Crippen LogP) is 5.18. The molecule has 0 aliphatic carbocycles. The standard InChI is InChI=1S/C28H46O8S/c1-6-10-18-31-25-24(21-35-37(29,30)23-15-13-22(5)14-16-23)36-28(34-17-9-4)27(33-20-12-8-3)26(25)32-19-11-7-2/h9,13-16,24-28H,4,6-8,10-12,17-21H2,1-3,5H3/t24-,25-,26+,27-,28+/m1/s1.